The number of hydrogen-bond acceptors (Lipinski definition) is 6. The van der Waals surface area contributed by atoms with Gasteiger partial charge < -0.3 is 10.1 Å². The Morgan fingerprint density at radius 2 is 1.68 bits per heavy atom. The number of carbonyl (C=O) groups excluding carboxylic acids is 1. The number of nitrogens with zero attached hydrogens (tertiary/aromatic N) is 2. The van der Waals surface area contributed by atoms with Crippen LogP contribution in [0, 0.1) is 6.92 Å². The number of rotatable bonds is 9. The third-order valence-electron chi connectivity index (χ3n) is 5.90. The Morgan fingerprint density at radius 3 is 2.42 bits per heavy atom. The molecule has 9 heteroatoms. The predicted octanol–water partition coefficient (Wildman–Crippen LogP) is 8.51. The van der Waals surface area contributed by atoms with Crippen LogP contribution in [0.3, 0.4) is 0 Å². The molecule has 5 aromatic rings. The van der Waals surface area contributed by atoms with E-state index in [-0.39, 0.29) is 5.91 Å². The number of thiazole rings is 1. The lowest BCUT2D eigenvalue weighted by molar-refractivity contribution is 0.0955. The quantitative estimate of drug-likeness (QED) is 0.134. The van der Waals surface area contributed by atoms with E-state index in [9.17, 15) is 4.79 Å². The molecule has 0 atom stereocenters. The van der Waals surface area contributed by atoms with Gasteiger partial charge in [-0.05, 0) is 67.1 Å². The van der Waals surface area contributed by atoms with Crippen molar-refractivity contribution in [2.75, 3.05) is 5.32 Å². The standard InChI is InChI=1S/C31H24Cl2N4O2S/c1-20-2-13-27(14-3-20)35-31-36-28(19-40-31)22-6-8-23(9-7-22)30(38)37-34-17-24-16-26(33)12-15-29(24)39-18-21-4-10-25(32)11-5-21/h2-17,19H,18H2,1H3,(H,35,36)(H,37,38)/b34-17-. The fraction of sp³-hybridized carbons (Fsp3) is 0.0645. The molecule has 40 heavy (non-hydrogen) atoms. The normalized spacial score (nSPS) is 11.0. The predicted molar refractivity (Wildman–Crippen MR) is 164 cm³/mol. The SMILES string of the molecule is Cc1ccc(Nc2nc(-c3ccc(C(=O)N/N=C\c4cc(Cl)ccc4OCc4ccc(Cl)cc4)cc3)cs2)cc1. The molecule has 1 amide bonds. The van der Waals surface area contributed by atoms with Crippen LogP contribution in [0.15, 0.2) is 101 Å². The zero-order valence-electron chi connectivity index (χ0n) is 21.4. The van der Waals surface area contributed by atoms with Crippen molar-refractivity contribution in [3.63, 3.8) is 0 Å². The molecule has 0 unspecified atom stereocenters. The smallest absolute Gasteiger partial charge is 0.271 e. The van der Waals surface area contributed by atoms with Gasteiger partial charge in [-0.15, -0.1) is 11.3 Å². The van der Waals surface area contributed by atoms with Gasteiger partial charge in [-0.25, -0.2) is 10.4 Å². The summed E-state index contributed by atoms with van der Waals surface area (Å²) < 4.78 is 5.94. The number of carbonyl (C=O) groups is 1. The van der Waals surface area contributed by atoms with Crippen LogP contribution in [0.2, 0.25) is 10.0 Å². The highest BCUT2D eigenvalue weighted by Gasteiger charge is 2.09. The first-order chi connectivity index (χ1) is 19.4. The number of hydrazone groups is 1. The zero-order chi connectivity index (χ0) is 27.9. The summed E-state index contributed by atoms with van der Waals surface area (Å²) in [7, 11) is 0. The fourth-order valence-electron chi connectivity index (χ4n) is 3.73. The summed E-state index contributed by atoms with van der Waals surface area (Å²) in [5.74, 6) is 0.245. The third kappa shape index (κ3) is 7.27. The van der Waals surface area contributed by atoms with Gasteiger partial charge in [0.25, 0.3) is 5.91 Å². The van der Waals surface area contributed by atoms with Crippen LogP contribution in [-0.2, 0) is 6.61 Å². The number of hydrogen-bond donors (Lipinski definition) is 2. The number of aromatic nitrogens is 1. The van der Waals surface area contributed by atoms with E-state index >= 15 is 0 Å². The maximum Gasteiger partial charge on any atom is 0.271 e. The van der Waals surface area contributed by atoms with Gasteiger partial charge in [0.1, 0.15) is 12.4 Å². The maximum atomic E-state index is 12.7. The van der Waals surface area contributed by atoms with Crippen LogP contribution in [0.4, 0.5) is 10.8 Å². The number of aryl methyl sites for hydroxylation is 1. The molecule has 0 saturated heterocycles. The van der Waals surface area contributed by atoms with Gasteiger partial charge in [-0.1, -0.05) is 65.2 Å². The molecule has 1 heterocycles. The summed E-state index contributed by atoms with van der Waals surface area (Å²) in [5, 5.41) is 11.4. The van der Waals surface area contributed by atoms with Crippen LogP contribution >= 0.6 is 34.5 Å². The minimum absolute atomic E-state index is 0.339. The number of nitrogens with one attached hydrogen (secondary N) is 2. The van der Waals surface area contributed by atoms with Crippen molar-refractivity contribution >= 4 is 57.5 Å². The Kier molecular flexibility index (Phi) is 8.76. The molecule has 0 bridgehead atoms. The lowest BCUT2D eigenvalue weighted by atomic mass is 10.1. The highest BCUT2D eigenvalue weighted by atomic mass is 35.5. The fourth-order valence-corrected chi connectivity index (χ4v) is 4.78. The van der Waals surface area contributed by atoms with Gasteiger partial charge in [-0.3, -0.25) is 4.79 Å². The molecule has 0 fully saturated rings. The van der Waals surface area contributed by atoms with Crippen molar-refractivity contribution in [3.05, 3.63) is 129 Å². The molecule has 5 rings (SSSR count). The summed E-state index contributed by atoms with van der Waals surface area (Å²) in [5.41, 5.74) is 8.56. The lowest BCUT2D eigenvalue weighted by Gasteiger charge is -2.10. The minimum atomic E-state index is -0.339. The molecule has 200 valence electrons. The van der Waals surface area contributed by atoms with Crippen LogP contribution in [0.1, 0.15) is 27.0 Å². The first kappa shape index (κ1) is 27.4. The first-order valence-electron chi connectivity index (χ1n) is 12.3. The van der Waals surface area contributed by atoms with Crippen LogP contribution in [0.5, 0.6) is 5.75 Å². The molecule has 0 aliphatic heterocycles. The Labute approximate surface area is 246 Å². The Balaban J connectivity index is 1.19. The Bertz CT molecular complexity index is 1630. The van der Waals surface area contributed by atoms with E-state index in [4.69, 9.17) is 27.9 Å². The van der Waals surface area contributed by atoms with Crippen LogP contribution < -0.4 is 15.5 Å². The monoisotopic (exact) mass is 586 g/mol. The van der Waals surface area contributed by atoms with Crippen molar-refractivity contribution in [2.24, 2.45) is 5.10 Å². The molecule has 6 nitrogen and oxygen atoms in total. The number of ether oxygens (including phenoxy) is 1. The third-order valence-corrected chi connectivity index (χ3v) is 7.14. The summed E-state index contributed by atoms with van der Waals surface area (Å²) in [6.45, 7) is 2.40. The van der Waals surface area contributed by atoms with Crippen LogP contribution in [-0.4, -0.2) is 17.1 Å². The minimum Gasteiger partial charge on any atom is -0.488 e. The van der Waals surface area contributed by atoms with E-state index in [2.05, 4.69) is 39.9 Å². The second-order valence-corrected chi connectivity index (χ2v) is 10.6. The van der Waals surface area contributed by atoms with Crippen LogP contribution in [0.25, 0.3) is 11.3 Å². The van der Waals surface area contributed by atoms with E-state index in [1.165, 1.54) is 23.1 Å². The summed E-state index contributed by atoms with van der Waals surface area (Å²) in [6.07, 6.45) is 1.51. The van der Waals surface area contributed by atoms with Crippen molar-refractivity contribution in [2.45, 2.75) is 13.5 Å². The molecule has 0 aliphatic carbocycles. The highest BCUT2D eigenvalue weighted by molar-refractivity contribution is 7.14. The van der Waals surface area contributed by atoms with Crippen molar-refractivity contribution in [3.8, 4) is 17.0 Å². The van der Waals surface area contributed by atoms with E-state index in [1.54, 1.807) is 30.3 Å². The molecule has 2 N–H and O–H groups in total. The van der Waals surface area contributed by atoms with E-state index in [0.29, 0.717) is 33.5 Å². The van der Waals surface area contributed by atoms with Crippen molar-refractivity contribution < 1.29 is 9.53 Å². The van der Waals surface area contributed by atoms with Gasteiger partial charge in [0.2, 0.25) is 0 Å². The summed E-state index contributed by atoms with van der Waals surface area (Å²) >= 11 is 13.6. The summed E-state index contributed by atoms with van der Waals surface area (Å²) in [6, 6.07) is 28.0. The lowest BCUT2D eigenvalue weighted by Crippen LogP contribution is -2.17. The molecular weight excluding hydrogens is 563 g/mol. The second-order valence-electron chi connectivity index (χ2n) is 8.90. The summed E-state index contributed by atoms with van der Waals surface area (Å²) in [4.78, 5) is 17.4. The van der Waals surface area contributed by atoms with Gasteiger partial charge in [0, 0.05) is 37.8 Å². The molecule has 0 aliphatic rings. The van der Waals surface area contributed by atoms with Gasteiger partial charge in [0.15, 0.2) is 5.13 Å². The van der Waals surface area contributed by atoms with Gasteiger partial charge in [0.05, 0.1) is 11.9 Å². The van der Waals surface area contributed by atoms with E-state index in [1.807, 2.05) is 53.9 Å². The maximum absolute atomic E-state index is 12.7. The molecule has 4 aromatic carbocycles. The van der Waals surface area contributed by atoms with Crippen molar-refractivity contribution in [1.29, 1.82) is 0 Å². The molecule has 0 saturated carbocycles. The molecule has 1 aromatic heterocycles. The number of halogens is 2. The average Bonchev–Trinajstić information content (AvgIpc) is 3.43. The molecule has 0 radical (unpaired) electrons. The molecule has 0 spiro atoms. The first-order valence-corrected chi connectivity index (χ1v) is 14.0. The van der Waals surface area contributed by atoms with Gasteiger partial charge in [-0.2, -0.15) is 5.10 Å². The Morgan fingerprint density at radius 1 is 0.950 bits per heavy atom. The van der Waals surface area contributed by atoms with Gasteiger partial charge >= 0.3 is 0 Å². The Hall–Kier alpha value is -4.17. The molecular formula is C31H24Cl2N4O2S. The topological polar surface area (TPSA) is 75.6 Å². The average molecular weight is 588 g/mol. The number of anilines is 2. The number of amides is 1. The number of benzene rings is 4. The van der Waals surface area contributed by atoms with E-state index < -0.39 is 0 Å². The van der Waals surface area contributed by atoms with E-state index in [0.717, 1.165) is 27.6 Å². The second kappa shape index (κ2) is 12.8. The highest BCUT2D eigenvalue weighted by Crippen LogP contribution is 2.28. The zero-order valence-corrected chi connectivity index (χ0v) is 23.7. The van der Waals surface area contributed by atoms with Crippen molar-refractivity contribution in [1.82, 2.24) is 10.4 Å². The largest absolute Gasteiger partial charge is 0.488 e.